The van der Waals surface area contributed by atoms with Gasteiger partial charge in [0.05, 0.1) is 0 Å². The second-order valence-corrected chi connectivity index (χ2v) is 10.1. The van der Waals surface area contributed by atoms with Gasteiger partial charge in [0.1, 0.15) is 44.7 Å². The van der Waals surface area contributed by atoms with Crippen molar-refractivity contribution in [3.63, 3.8) is 0 Å². The summed E-state index contributed by atoms with van der Waals surface area (Å²) in [7, 11) is 0. The highest BCUT2D eigenvalue weighted by Crippen LogP contribution is 2.15. The standard InChI is InChI=1S/C38H24O6/c39-37-25-7-15-29(16-8-25)41-33-3-1-4-34(23-33)42-30-17-9-26(10-18-30)38(40)28-13-21-32(22-14-28)44-36-6-2-5-35(24-36)43-31-19-11-27(37)12-20-31/h1-24H. The Morgan fingerprint density at radius 2 is 0.500 bits per heavy atom. The second-order valence-electron chi connectivity index (χ2n) is 10.1. The maximum absolute atomic E-state index is 13.1. The minimum absolute atomic E-state index is 0.110. The zero-order chi connectivity index (χ0) is 29.9. The molecule has 0 saturated carbocycles. The van der Waals surface area contributed by atoms with E-state index in [0.29, 0.717) is 66.2 Å². The Kier molecular flexibility index (Phi) is 7.06. The van der Waals surface area contributed by atoms with E-state index >= 15 is 0 Å². The largest absolute Gasteiger partial charge is 0.457 e. The third kappa shape index (κ3) is 5.91. The maximum Gasteiger partial charge on any atom is 0.193 e. The van der Waals surface area contributed by atoms with Crippen LogP contribution in [-0.4, -0.2) is 0 Å². The van der Waals surface area contributed by atoms with Crippen LogP contribution in [0, 0.1) is 0 Å². The van der Waals surface area contributed by atoms with Crippen molar-refractivity contribution < 1.29 is 17.7 Å². The van der Waals surface area contributed by atoms with Gasteiger partial charge in [-0.3, -0.25) is 9.59 Å². The molecule has 12 bridgehead atoms. The van der Waals surface area contributed by atoms with Crippen molar-refractivity contribution >= 4 is 66.2 Å². The summed E-state index contributed by atoms with van der Waals surface area (Å²) in [5, 5.41) is 2.15. The quantitative estimate of drug-likeness (QED) is 0.179. The SMILES string of the molecule is O=c1c2ccc(cc2)oc2cccc(c2)oc2ccc(cc2)c(=O)c2ccc(cc2)oc2cccc(c2)oc2ccc1cc2. The van der Waals surface area contributed by atoms with Gasteiger partial charge in [-0.05, 0) is 121 Å². The van der Waals surface area contributed by atoms with Crippen molar-refractivity contribution in [2.24, 2.45) is 0 Å². The first-order chi connectivity index (χ1) is 21.6. The van der Waals surface area contributed by atoms with Gasteiger partial charge >= 0.3 is 0 Å². The van der Waals surface area contributed by atoms with Crippen LogP contribution in [0.2, 0.25) is 0 Å². The third-order valence-electron chi connectivity index (χ3n) is 7.02. The fraction of sp³-hybridized carbons (Fsp3) is 0. The number of rotatable bonds is 0. The highest BCUT2D eigenvalue weighted by atomic mass is 16.3. The summed E-state index contributed by atoms with van der Waals surface area (Å²) in [5.41, 5.74) is 4.42. The van der Waals surface area contributed by atoms with Gasteiger partial charge in [0.15, 0.2) is 10.9 Å². The first-order valence-corrected chi connectivity index (χ1v) is 14.0. The smallest absolute Gasteiger partial charge is 0.193 e. The predicted octanol–water partition coefficient (Wildman–Crippen LogP) is 9.63. The predicted molar refractivity (Wildman–Crippen MR) is 175 cm³/mol. The summed E-state index contributed by atoms with van der Waals surface area (Å²) >= 11 is 0. The Labute approximate surface area is 249 Å². The molecule has 6 heteroatoms. The molecule has 0 aliphatic rings. The minimum Gasteiger partial charge on any atom is -0.457 e. The first-order valence-electron chi connectivity index (χ1n) is 14.0. The third-order valence-corrected chi connectivity index (χ3v) is 7.02. The summed E-state index contributed by atoms with van der Waals surface area (Å²) in [6.07, 6.45) is 0. The van der Waals surface area contributed by atoms with Gasteiger partial charge in [0, 0.05) is 33.7 Å². The fourth-order valence-electron chi connectivity index (χ4n) is 4.78. The molecule has 212 valence electrons. The van der Waals surface area contributed by atoms with Gasteiger partial charge in [-0.2, -0.15) is 0 Å². The summed E-state index contributed by atoms with van der Waals surface area (Å²) in [4.78, 5) is 26.3. The molecule has 0 N–H and O–H groups in total. The molecule has 44 heavy (non-hydrogen) atoms. The van der Waals surface area contributed by atoms with Gasteiger partial charge < -0.3 is 17.7 Å². The zero-order valence-corrected chi connectivity index (χ0v) is 23.3. The highest BCUT2D eigenvalue weighted by Gasteiger charge is 1.98. The van der Waals surface area contributed by atoms with Crippen molar-refractivity contribution in [3.8, 4) is 0 Å². The molecule has 7 heterocycles. The molecule has 13 rings (SSSR count). The molecular weight excluding hydrogens is 552 g/mol. The van der Waals surface area contributed by atoms with E-state index in [1.54, 1.807) is 109 Å². The lowest BCUT2D eigenvalue weighted by atomic mass is 10.2. The molecule has 0 unspecified atom stereocenters. The average Bonchev–Trinajstić information content (AvgIpc) is 3.06. The van der Waals surface area contributed by atoms with E-state index in [9.17, 15) is 9.59 Å². The highest BCUT2D eigenvalue weighted by molar-refractivity contribution is 5.71. The van der Waals surface area contributed by atoms with Crippen molar-refractivity contribution in [2.45, 2.75) is 0 Å². The van der Waals surface area contributed by atoms with E-state index < -0.39 is 0 Å². The van der Waals surface area contributed by atoms with Crippen LogP contribution < -0.4 is 10.9 Å². The van der Waals surface area contributed by atoms with E-state index in [1.807, 2.05) is 36.4 Å². The average molecular weight is 577 g/mol. The number of hydrogen-bond donors (Lipinski definition) is 0. The summed E-state index contributed by atoms with van der Waals surface area (Å²) in [5.74, 6) is 0. The monoisotopic (exact) mass is 576 g/mol. The van der Waals surface area contributed by atoms with Crippen LogP contribution >= 0.6 is 0 Å². The fourth-order valence-corrected chi connectivity index (χ4v) is 4.78. The van der Waals surface area contributed by atoms with Gasteiger partial charge in [0.2, 0.25) is 0 Å². The molecule has 0 amide bonds. The van der Waals surface area contributed by atoms with E-state index in [1.165, 1.54) is 0 Å². The zero-order valence-electron chi connectivity index (χ0n) is 23.3. The summed E-state index contributed by atoms with van der Waals surface area (Å²) < 4.78 is 24.1. The van der Waals surface area contributed by atoms with Crippen LogP contribution in [0.3, 0.4) is 0 Å². The topological polar surface area (TPSA) is 86.7 Å². The lowest BCUT2D eigenvalue weighted by Gasteiger charge is -1.95. The Bertz CT molecular complexity index is 2140. The molecule has 7 aromatic heterocycles. The molecule has 6 nitrogen and oxygen atoms in total. The number of hydrogen-bond acceptors (Lipinski definition) is 6. The number of benzene rings is 6. The van der Waals surface area contributed by atoms with Crippen LogP contribution in [0.4, 0.5) is 0 Å². The molecule has 0 fully saturated rings. The lowest BCUT2D eigenvalue weighted by Crippen LogP contribution is -1.97. The maximum atomic E-state index is 13.1. The van der Waals surface area contributed by atoms with Crippen LogP contribution in [0.25, 0.3) is 66.2 Å². The normalized spacial score (nSPS) is 10.9. The second kappa shape index (κ2) is 11.6. The van der Waals surface area contributed by atoms with Crippen LogP contribution in [-0.2, 0) is 0 Å². The molecular formula is C38H24O6. The Morgan fingerprint density at radius 1 is 0.273 bits per heavy atom. The van der Waals surface area contributed by atoms with Gasteiger partial charge in [-0.15, -0.1) is 0 Å². The van der Waals surface area contributed by atoms with E-state index in [-0.39, 0.29) is 10.9 Å². The van der Waals surface area contributed by atoms with Crippen LogP contribution in [0.1, 0.15) is 0 Å². The summed E-state index contributed by atoms with van der Waals surface area (Å²) in [6, 6.07) is 42.4. The van der Waals surface area contributed by atoms with Crippen LogP contribution in [0.5, 0.6) is 0 Å². The van der Waals surface area contributed by atoms with Crippen molar-refractivity contribution in [1.29, 1.82) is 0 Å². The Hall–Kier alpha value is -6.14. The molecule has 0 aliphatic carbocycles. The first kappa shape index (κ1) is 26.7. The molecule has 0 radical (unpaired) electrons. The lowest BCUT2D eigenvalue weighted by molar-refractivity contribution is 0.640. The van der Waals surface area contributed by atoms with Gasteiger partial charge in [-0.1, -0.05) is 12.1 Å². The molecule has 0 spiro atoms. The van der Waals surface area contributed by atoms with Crippen molar-refractivity contribution in [3.05, 3.63) is 166 Å². The minimum atomic E-state index is -0.110. The van der Waals surface area contributed by atoms with Crippen molar-refractivity contribution in [2.75, 3.05) is 0 Å². The van der Waals surface area contributed by atoms with Gasteiger partial charge in [-0.25, -0.2) is 0 Å². The Morgan fingerprint density at radius 3 is 0.727 bits per heavy atom. The van der Waals surface area contributed by atoms with Crippen molar-refractivity contribution in [1.82, 2.24) is 0 Å². The Balaban J connectivity index is 1.46. The molecule has 0 atom stereocenters. The molecule has 0 saturated heterocycles. The van der Waals surface area contributed by atoms with E-state index in [2.05, 4.69) is 0 Å². The van der Waals surface area contributed by atoms with Crippen LogP contribution in [0.15, 0.2) is 173 Å². The molecule has 13 aromatic rings. The molecule has 6 aromatic carbocycles. The summed E-state index contributed by atoms with van der Waals surface area (Å²) in [6.45, 7) is 0. The molecule has 0 aliphatic heterocycles. The van der Waals surface area contributed by atoms with E-state index in [0.717, 1.165) is 0 Å². The van der Waals surface area contributed by atoms with E-state index in [4.69, 9.17) is 17.7 Å². The van der Waals surface area contributed by atoms with Gasteiger partial charge in [0.25, 0.3) is 0 Å².